The molecule has 2 unspecified atom stereocenters. The Kier molecular flexibility index (Phi) is 5.44. The lowest BCUT2D eigenvalue weighted by Gasteiger charge is -2.20. The number of rotatable bonds is 6. The summed E-state index contributed by atoms with van der Waals surface area (Å²) in [4.78, 5) is 0. The summed E-state index contributed by atoms with van der Waals surface area (Å²) >= 11 is 5.81. The van der Waals surface area contributed by atoms with E-state index in [1.54, 1.807) is 31.2 Å². The SMILES string of the molecule is CC(Oc1cccc(Cl)c1)C(O)CCS(C)(=O)=O. The molecular weight excluding hydrogens is 276 g/mol. The van der Waals surface area contributed by atoms with Gasteiger partial charge < -0.3 is 9.84 Å². The molecule has 0 saturated heterocycles. The topological polar surface area (TPSA) is 63.6 Å². The van der Waals surface area contributed by atoms with E-state index in [1.165, 1.54) is 0 Å². The molecule has 102 valence electrons. The van der Waals surface area contributed by atoms with E-state index in [0.717, 1.165) is 6.26 Å². The van der Waals surface area contributed by atoms with Gasteiger partial charge in [0.25, 0.3) is 0 Å². The lowest BCUT2D eigenvalue weighted by Crippen LogP contribution is -2.30. The molecule has 0 radical (unpaired) electrons. The summed E-state index contributed by atoms with van der Waals surface area (Å²) in [5.41, 5.74) is 0. The molecule has 0 aliphatic rings. The van der Waals surface area contributed by atoms with Crippen LogP contribution in [0.1, 0.15) is 13.3 Å². The quantitative estimate of drug-likeness (QED) is 0.870. The lowest BCUT2D eigenvalue weighted by molar-refractivity contribution is 0.0456. The number of hydrogen-bond donors (Lipinski definition) is 1. The van der Waals surface area contributed by atoms with E-state index < -0.39 is 22.0 Å². The predicted molar refractivity (Wildman–Crippen MR) is 71.9 cm³/mol. The summed E-state index contributed by atoms with van der Waals surface area (Å²) in [7, 11) is -3.07. The molecule has 1 rings (SSSR count). The number of halogens is 1. The minimum absolute atomic E-state index is 0.0581. The van der Waals surface area contributed by atoms with Crippen molar-refractivity contribution in [1.82, 2.24) is 0 Å². The van der Waals surface area contributed by atoms with Gasteiger partial charge in [0.05, 0.1) is 11.9 Å². The molecule has 0 bridgehead atoms. The van der Waals surface area contributed by atoms with Crippen LogP contribution in [0.25, 0.3) is 0 Å². The monoisotopic (exact) mass is 292 g/mol. The number of sulfone groups is 1. The highest BCUT2D eigenvalue weighted by Crippen LogP contribution is 2.19. The lowest BCUT2D eigenvalue weighted by atomic mass is 10.2. The van der Waals surface area contributed by atoms with Crippen LogP contribution in [0.15, 0.2) is 24.3 Å². The number of hydrogen-bond acceptors (Lipinski definition) is 4. The normalized spacial score (nSPS) is 15.1. The number of ether oxygens (including phenoxy) is 1. The fourth-order valence-corrected chi connectivity index (χ4v) is 2.25. The Morgan fingerprint density at radius 1 is 1.44 bits per heavy atom. The molecule has 0 fully saturated rings. The number of aliphatic hydroxyl groups excluding tert-OH is 1. The molecule has 2 atom stereocenters. The van der Waals surface area contributed by atoms with Crippen molar-refractivity contribution in [3.63, 3.8) is 0 Å². The molecule has 0 aromatic heterocycles. The Morgan fingerprint density at radius 3 is 2.67 bits per heavy atom. The molecule has 0 amide bonds. The van der Waals surface area contributed by atoms with E-state index >= 15 is 0 Å². The third-order valence-corrected chi connectivity index (χ3v) is 3.66. The van der Waals surface area contributed by atoms with Crippen molar-refractivity contribution in [2.45, 2.75) is 25.6 Å². The molecule has 4 nitrogen and oxygen atoms in total. The molecule has 6 heteroatoms. The third-order valence-electron chi connectivity index (χ3n) is 2.44. The van der Waals surface area contributed by atoms with Crippen LogP contribution >= 0.6 is 11.6 Å². The highest BCUT2D eigenvalue weighted by Gasteiger charge is 2.18. The molecule has 0 heterocycles. The molecule has 1 aromatic carbocycles. The van der Waals surface area contributed by atoms with Gasteiger partial charge in [-0.1, -0.05) is 17.7 Å². The van der Waals surface area contributed by atoms with Gasteiger partial charge in [-0.05, 0) is 31.5 Å². The maximum atomic E-state index is 11.0. The predicted octanol–water partition coefficient (Wildman–Crippen LogP) is 1.90. The molecule has 1 N–H and O–H groups in total. The van der Waals surface area contributed by atoms with E-state index in [2.05, 4.69) is 0 Å². The van der Waals surface area contributed by atoms with E-state index in [9.17, 15) is 13.5 Å². The standard InChI is InChI=1S/C12H17ClO4S/c1-9(12(14)6-7-18(2,15)16)17-11-5-3-4-10(13)8-11/h3-5,8-9,12,14H,6-7H2,1-2H3. The van der Waals surface area contributed by atoms with Gasteiger partial charge in [-0.2, -0.15) is 0 Å². The van der Waals surface area contributed by atoms with Gasteiger partial charge in [0, 0.05) is 11.3 Å². The first-order chi connectivity index (χ1) is 8.28. The largest absolute Gasteiger partial charge is 0.488 e. The second kappa shape index (κ2) is 6.41. The third kappa shape index (κ3) is 5.71. The van der Waals surface area contributed by atoms with Gasteiger partial charge in [-0.25, -0.2) is 8.42 Å². The number of aliphatic hydroxyl groups is 1. The summed E-state index contributed by atoms with van der Waals surface area (Å²) in [5, 5.41) is 10.3. The van der Waals surface area contributed by atoms with Crippen molar-refractivity contribution in [3.8, 4) is 5.75 Å². The Labute approximate surface area is 112 Å². The van der Waals surface area contributed by atoms with E-state index in [0.29, 0.717) is 10.8 Å². The second-order valence-electron chi connectivity index (χ2n) is 4.27. The Hall–Kier alpha value is -0.780. The molecule has 0 aliphatic carbocycles. The van der Waals surface area contributed by atoms with Crippen LogP contribution in [0.2, 0.25) is 5.02 Å². The highest BCUT2D eigenvalue weighted by atomic mass is 35.5. The maximum absolute atomic E-state index is 11.0. The fraction of sp³-hybridized carbons (Fsp3) is 0.500. The van der Waals surface area contributed by atoms with Crippen LogP contribution in [-0.4, -0.2) is 37.7 Å². The fourth-order valence-electron chi connectivity index (χ4n) is 1.40. The first-order valence-corrected chi connectivity index (χ1v) is 8.00. The summed E-state index contributed by atoms with van der Waals surface area (Å²) < 4.78 is 27.5. The zero-order valence-electron chi connectivity index (χ0n) is 10.3. The number of benzene rings is 1. The van der Waals surface area contributed by atoms with Gasteiger partial charge in [-0.15, -0.1) is 0 Å². The second-order valence-corrected chi connectivity index (χ2v) is 6.96. The molecule has 0 spiro atoms. The van der Waals surface area contributed by atoms with Crippen LogP contribution < -0.4 is 4.74 Å². The minimum Gasteiger partial charge on any atom is -0.488 e. The maximum Gasteiger partial charge on any atom is 0.147 e. The Balaban J connectivity index is 2.52. The summed E-state index contributed by atoms with van der Waals surface area (Å²) in [6, 6.07) is 6.83. The zero-order chi connectivity index (χ0) is 13.8. The first-order valence-electron chi connectivity index (χ1n) is 5.56. The molecule has 1 aromatic rings. The molecular formula is C12H17ClO4S. The van der Waals surface area contributed by atoms with E-state index in [4.69, 9.17) is 16.3 Å². The van der Waals surface area contributed by atoms with Crippen LogP contribution in [0, 0.1) is 0 Å². The summed E-state index contributed by atoms with van der Waals surface area (Å²) in [6.07, 6.45) is -0.0353. The van der Waals surface area contributed by atoms with Crippen molar-refractivity contribution >= 4 is 21.4 Å². The minimum atomic E-state index is -3.07. The molecule has 0 aliphatic heterocycles. The van der Waals surface area contributed by atoms with Gasteiger partial charge in [0.15, 0.2) is 0 Å². The summed E-state index contributed by atoms with van der Waals surface area (Å²) in [5.74, 6) is 0.491. The first kappa shape index (κ1) is 15.3. The summed E-state index contributed by atoms with van der Waals surface area (Å²) in [6.45, 7) is 1.69. The average Bonchev–Trinajstić information content (AvgIpc) is 2.24. The van der Waals surface area contributed by atoms with Crippen LogP contribution in [-0.2, 0) is 9.84 Å². The van der Waals surface area contributed by atoms with E-state index in [1.807, 2.05) is 0 Å². The van der Waals surface area contributed by atoms with Crippen molar-refractivity contribution in [1.29, 1.82) is 0 Å². The average molecular weight is 293 g/mol. The van der Waals surface area contributed by atoms with Gasteiger partial charge in [-0.3, -0.25) is 0 Å². The van der Waals surface area contributed by atoms with Crippen molar-refractivity contribution in [2.24, 2.45) is 0 Å². The smallest absolute Gasteiger partial charge is 0.147 e. The Bertz CT molecular complexity index is 487. The van der Waals surface area contributed by atoms with Gasteiger partial charge >= 0.3 is 0 Å². The van der Waals surface area contributed by atoms with Crippen LogP contribution in [0.4, 0.5) is 0 Å². The van der Waals surface area contributed by atoms with Crippen molar-refractivity contribution < 1.29 is 18.3 Å². The Morgan fingerprint density at radius 2 is 2.11 bits per heavy atom. The van der Waals surface area contributed by atoms with Crippen LogP contribution in [0.3, 0.4) is 0 Å². The molecule has 18 heavy (non-hydrogen) atoms. The zero-order valence-corrected chi connectivity index (χ0v) is 11.9. The van der Waals surface area contributed by atoms with Gasteiger partial charge in [0.1, 0.15) is 21.7 Å². The van der Waals surface area contributed by atoms with Crippen LogP contribution in [0.5, 0.6) is 5.75 Å². The van der Waals surface area contributed by atoms with Crippen molar-refractivity contribution in [2.75, 3.05) is 12.0 Å². The molecule has 0 saturated carbocycles. The highest BCUT2D eigenvalue weighted by molar-refractivity contribution is 7.90. The van der Waals surface area contributed by atoms with E-state index in [-0.39, 0.29) is 12.2 Å². The van der Waals surface area contributed by atoms with Gasteiger partial charge in [0.2, 0.25) is 0 Å². The van der Waals surface area contributed by atoms with Crippen molar-refractivity contribution in [3.05, 3.63) is 29.3 Å².